The fourth-order valence-electron chi connectivity index (χ4n) is 2.01. The first-order valence-corrected chi connectivity index (χ1v) is 8.60. The summed E-state index contributed by atoms with van der Waals surface area (Å²) in [6, 6.07) is 0. The van der Waals surface area contributed by atoms with E-state index in [-0.39, 0.29) is 6.42 Å². The Balaban J connectivity index is 0. The minimum atomic E-state index is -0.913. The number of carboxylic acids is 1. The van der Waals surface area contributed by atoms with Gasteiger partial charge in [-0.2, -0.15) is 0 Å². The number of aliphatic hydroxyl groups excluding tert-OH is 1. The van der Waals surface area contributed by atoms with E-state index in [1.165, 1.54) is 32.1 Å². The van der Waals surface area contributed by atoms with Crippen LogP contribution in [0, 0.1) is 0 Å². The molecular weight excluding hydrogens is 266 g/mol. The lowest BCUT2D eigenvalue weighted by atomic mass is 10.1. The van der Waals surface area contributed by atoms with Crippen LogP contribution in [0.1, 0.15) is 72.1 Å². The number of hydrogen-bond acceptors (Lipinski definition) is 3. The molecule has 4 nitrogen and oxygen atoms in total. The van der Waals surface area contributed by atoms with Crippen LogP contribution in [0.4, 0.5) is 0 Å². The Morgan fingerprint density at radius 2 is 1.43 bits per heavy atom. The molecule has 0 aromatic rings. The van der Waals surface area contributed by atoms with Gasteiger partial charge in [-0.05, 0) is 26.7 Å². The Labute approximate surface area is 131 Å². The first-order valence-electron chi connectivity index (χ1n) is 8.60. The molecule has 0 spiro atoms. The molecule has 0 aliphatic carbocycles. The molecule has 0 aliphatic heterocycles. The highest BCUT2D eigenvalue weighted by atomic mass is 16.4. The van der Waals surface area contributed by atoms with Crippen molar-refractivity contribution in [3.05, 3.63) is 0 Å². The lowest BCUT2D eigenvalue weighted by molar-refractivity contribution is -0.906. The lowest BCUT2D eigenvalue weighted by Crippen LogP contribution is -2.45. The molecule has 21 heavy (non-hydrogen) atoms. The predicted octanol–water partition coefficient (Wildman–Crippen LogP) is 2.34. The van der Waals surface area contributed by atoms with Crippen LogP contribution in [0.5, 0.6) is 0 Å². The molecule has 0 aromatic heterocycles. The van der Waals surface area contributed by atoms with Crippen LogP contribution < -0.4 is 5.11 Å². The minimum absolute atomic E-state index is 0.230. The number of nitrogens with zero attached hydrogens (tertiary/aromatic N) is 1. The van der Waals surface area contributed by atoms with Crippen LogP contribution in [0.25, 0.3) is 0 Å². The van der Waals surface area contributed by atoms with E-state index in [9.17, 15) is 9.90 Å². The van der Waals surface area contributed by atoms with Crippen molar-refractivity contribution in [3.8, 4) is 0 Å². The fourth-order valence-corrected chi connectivity index (χ4v) is 2.01. The van der Waals surface area contributed by atoms with Gasteiger partial charge in [0.25, 0.3) is 0 Å². The molecule has 0 rings (SSSR count). The number of aliphatic hydroxyl groups is 1. The maximum Gasteiger partial charge on any atom is 0.102 e. The smallest absolute Gasteiger partial charge is 0.102 e. The highest BCUT2D eigenvalue weighted by Gasteiger charge is 2.13. The third-order valence-electron chi connectivity index (χ3n) is 4.15. The van der Waals surface area contributed by atoms with Gasteiger partial charge in [-0.3, -0.25) is 0 Å². The standard InChI is InChI=1S/C10H20O2.C7H18NO/c1-2-3-4-5-6-7-8-9-10(11)12;1-4-8(3,5-2)6-7-9/h2-9H2,1H3,(H,11,12);9H,4-7H2,1-3H3/q;+1/p-1. The van der Waals surface area contributed by atoms with Crippen molar-refractivity contribution in [2.45, 2.75) is 72.1 Å². The van der Waals surface area contributed by atoms with Gasteiger partial charge in [0, 0.05) is 5.97 Å². The monoisotopic (exact) mass is 303 g/mol. The number of hydrogen-bond donors (Lipinski definition) is 1. The molecular formula is C17H37NO3. The van der Waals surface area contributed by atoms with E-state index < -0.39 is 5.97 Å². The summed E-state index contributed by atoms with van der Waals surface area (Å²) in [5, 5.41) is 18.7. The van der Waals surface area contributed by atoms with E-state index in [4.69, 9.17) is 5.11 Å². The number of aliphatic carboxylic acids is 1. The summed E-state index contributed by atoms with van der Waals surface area (Å²) in [4.78, 5) is 10.0. The summed E-state index contributed by atoms with van der Waals surface area (Å²) in [6.45, 7) is 9.90. The van der Waals surface area contributed by atoms with Gasteiger partial charge in [-0.15, -0.1) is 0 Å². The number of carbonyl (C=O) groups is 1. The fraction of sp³-hybridized carbons (Fsp3) is 0.941. The molecule has 0 fully saturated rings. The van der Waals surface area contributed by atoms with E-state index >= 15 is 0 Å². The lowest BCUT2D eigenvalue weighted by Gasteiger charge is -2.31. The number of likely N-dealkylation sites (N-methyl/N-ethyl adjacent to an activating group) is 1. The summed E-state index contributed by atoms with van der Waals surface area (Å²) in [5.41, 5.74) is 0. The molecule has 0 radical (unpaired) electrons. The quantitative estimate of drug-likeness (QED) is 0.445. The Bertz CT molecular complexity index is 228. The molecule has 0 saturated heterocycles. The predicted molar refractivity (Wildman–Crippen MR) is 86.8 cm³/mol. The van der Waals surface area contributed by atoms with E-state index in [2.05, 4.69) is 27.8 Å². The van der Waals surface area contributed by atoms with E-state index in [0.29, 0.717) is 6.61 Å². The van der Waals surface area contributed by atoms with Gasteiger partial charge in [0.05, 0.1) is 26.7 Å². The average Bonchev–Trinajstić information content (AvgIpc) is 2.47. The molecule has 0 unspecified atom stereocenters. The molecule has 0 heterocycles. The third-order valence-corrected chi connectivity index (χ3v) is 4.15. The van der Waals surface area contributed by atoms with Gasteiger partial charge in [0.15, 0.2) is 0 Å². The van der Waals surface area contributed by atoms with E-state index in [0.717, 1.165) is 37.0 Å². The van der Waals surface area contributed by atoms with Gasteiger partial charge in [-0.1, -0.05) is 45.4 Å². The molecule has 0 aliphatic rings. The summed E-state index contributed by atoms with van der Waals surface area (Å²) in [5.74, 6) is -0.913. The maximum absolute atomic E-state index is 10.0. The van der Waals surface area contributed by atoms with Crippen LogP contribution in [0.3, 0.4) is 0 Å². The first-order chi connectivity index (χ1) is 9.95. The van der Waals surface area contributed by atoms with Crippen LogP contribution in [-0.2, 0) is 4.79 Å². The number of carboxylic acid groups (broad SMARTS) is 1. The topological polar surface area (TPSA) is 60.4 Å². The second-order valence-corrected chi connectivity index (χ2v) is 5.94. The summed E-state index contributed by atoms with van der Waals surface area (Å²) in [6.07, 6.45) is 8.34. The molecule has 4 heteroatoms. The molecule has 128 valence electrons. The van der Waals surface area contributed by atoms with Gasteiger partial charge in [0.2, 0.25) is 0 Å². The van der Waals surface area contributed by atoms with E-state index in [1.54, 1.807) is 0 Å². The third kappa shape index (κ3) is 17.3. The van der Waals surface area contributed by atoms with Crippen molar-refractivity contribution in [1.82, 2.24) is 0 Å². The van der Waals surface area contributed by atoms with Crippen LogP contribution in [0.2, 0.25) is 0 Å². The summed E-state index contributed by atoms with van der Waals surface area (Å²) >= 11 is 0. The summed E-state index contributed by atoms with van der Waals surface area (Å²) in [7, 11) is 2.16. The zero-order chi connectivity index (χ0) is 16.6. The highest BCUT2D eigenvalue weighted by molar-refractivity contribution is 5.63. The van der Waals surface area contributed by atoms with Crippen molar-refractivity contribution in [3.63, 3.8) is 0 Å². The molecule has 0 aromatic carbocycles. The highest BCUT2D eigenvalue weighted by Crippen LogP contribution is 2.07. The minimum Gasteiger partial charge on any atom is -0.550 e. The number of rotatable bonds is 12. The van der Waals surface area contributed by atoms with Crippen molar-refractivity contribution in [2.75, 3.05) is 33.3 Å². The van der Waals surface area contributed by atoms with Crippen molar-refractivity contribution in [1.29, 1.82) is 0 Å². The largest absolute Gasteiger partial charge is 0.550 e. The SMILES string of the molecule is CCCCCCCCCC(=O)[O-].CC[N+](C)(CC)CCO. The second kappa shape index (κ2) is 15.8. The number of carbonyl (C=O) groups excluding carboxylic acids is 1. The molecule has 0 amide bonds. The van der Waals surface area contributed by atoms with Gasteiger partial charge >= 0.3 is 0 Å². The summed E-state index contributed by atoms with van der Waals surface area (Å²) < 4.78 is 0.983. The maximum atomic E-state index is 10.0. The normalized spacial score (nSPS) is 10.9. The van der Waals surface area contributed by atoms with Crippen molar-refractivity contribution >= 4 is 5.97 Å². The zero-order valence-corrected chi connectivity index (χ0v) is 14.7. The van der Waals surface area contributed by atoms with Gasteiger partial charge < -0.3 is 19.5 Å². The van der Waals surface area contributed by atoms with Gasteiger partial charge in [-0.25, -0.2) is 0 Å². The van der Waals surface area contributed by atoms with Crippen LogP contribution in [0.15, 0.2) is 0 Å². The van der Waals surface area contributed by atoms with Crippen LogP contribution >= 0.6 is 0 Å². The second-order valence-electron chi connectivity index (χ2n) is 5.94. The average molecular weight is 303 g/mol. The number of unbranched alkanes of at least 4 members (excludes halogenated alkanes) is 6. The number of quaternary nitrogens is 1. The van der Waals surface area contributed by atoms with Crippen molar-refractivity contribution < 1.29 is 19.5 Å². The zero-order valence-electron chi connectivity index (χ0n) is 14.7. The Hall–Kier alpha value is -0.610. The first kappa shape index (κ1) is 22.7. The Kier molecular flexibility index (Phi) is 17.0. The van der Waals surface area contributed by atoms with Gasteiger partial charge in [0.1, 0.15) is 6.54 Å². The molecule has 0 saturated carbocycles. The molecule has 1 N–H and O–H groups in total. The molecule has 0 bridgehead atoms. The Morgan fingerprint density at radius 3 is 1.76 bits per heavy atom. The van der Waals surface area contributed by atoms with E-state index in [1.807, 2.05) is 0 Å². The Morgan fingerprint density at radius 1 is 0.952 bits per heavy atom. The molecule has 0 atom stereocenters. The van der Waals surface area contributed by atoms with Crippen LogP contribution in [-0.4, -0.2) is 48.8 Å². The van der Waals surface area contributed by atoms with Crippen molar-refractivity contribution in [2.24, 2.45) is 0 Å².